The lowest BCUT2D eigenvalue weighted by Crippen LogP contribution is -2.30. The van der Waals surface area contributed by atoms with Crippen LogP contribution in [-0.2, 0) is 4.79 Å². The van der Waals surface area contributed by atoms with Crippen molar-refractivity contribution < 1.29 is 19.7 Å². The van der Waals surface area contributed by atoms with E-state index in [0.29, 0.717) is 11.3 Å². The van der Waals surface area contributed by atoms with Gasteiger partial charge in [-0.15, -0.1) is 0 Å². The number of carboxylic acids is 1. The molecule has 1 aliphatic rings. The van der Waals surface area contributed by atoms with Gasteiger partial charge in [-0.2, -0.15) is 0 Å². The van der Waals surface area contributed by atoms with E-state index in [1.165, 1.54) is 13.2 Å². The highest BCUT2D eigenvalue weighted by Gasteiger charge is 2.29. The van der Waals surface area contributed by atoms with E-state index in [9.17, 15) is 9.90 Å². The summed E-state index contributed by atoms with van der Waals surface area (Å²) in [6.07, 6.45) is 2.01. The highest BCUT2D eigenvalue weighted by atomic mass is 16.5. The molecule has 1 aromatic carbocycles. The molecule has 1 aromatic rings. The molecular weight excluding hydrogens is 222 g/mol. The third kappa shape index (κ3) is 2.68. The van der Waals surface area contributed by atoms with Crippen LogP contribution >= 0.6 is 0 Å². The van der Waals surface area contributed by atoms with Crippen LogP contribution in [-0.4, -0.2) is 29.3 Å². The van der Waals surface area contributed by atoms with Gasteiger partial charge < -0.3 is 14.9 Å². The van der Waals surface area contributed by atoms with Crippen LogP contribution in [0.4, 0.5) is 0 Å². The Balaban J connectivity index is 2.22. The van der Waals surface area contributed by atoms with Gasteiger partial charge in [0, 0.05) is 6.04 Å². The van der Waals surface area contributed by atoms with Gasteiger partial charge in [0.15, 0.2) is 11.5 Å². The monoisotopic (exact) mass is 237 g/mol. The third-order valence-electron chi connectivity index (χ3n) is 2.76. The number of methoxy groups -OCH3 is 1. The lowest BCUT2D eigenvalue weighted by Gasteiger charge is -2.15. The maximum Gasteiger partial charge on any atom is 0.325 e. The second-order valence-electron chi connectivity index (χ2n) is 4.14. The predicted octanol–water partition coefficient (Wildman–Crippen LogP) is 1.28. The van der Waals surface area contributed by atoms with Gasteiger partial charge in [-0.3, -0.25) is 10.1 Å². The number of benzene rings is 1. The predicted molar refractivity (Wildman–Crippen MR) is 61.2 cm³/mol. The molecule has 0 radical (unpaired) electrons. The highest BCUT2D eigenvalue weighted by molar-refractivity contribution is 5.76. The Morgan fingerprint density at radius 2 is 2.24 bits per heavy atom. The normalized spacial score (nSPS) is 16.5. The van der Waals surface area contributed by atoms with Crippen LogP contribution in [0, 0.1) is 0 Å². The minimum Gasteiger partial charge on any atom is -0.504 e. The Kier molecular flexibility index (Phi) is 3.19. The van der Waals surface area contributed by atoms with E-state index in [-0.39, 0.29) is 11.8 Å². The average molecular weight is 237 g/mol. The molecule has 1 atom stereocenters. The summed E-state index contributed by atoms with van der Waals surface area (Å²) in [6, 6.07) is 4.13. The van der Waals surface area contributed by atoms with Gasteiger partial charge in [0.25, 0.3) is 0 Å². The number of rotatable bonds is 5. The average Bonchev–Trinajstić information content (AvgIpc) is 3.09. The molecule has 0 amide bonds. The number of carbonyl (C=O) groups is 1. The van der Waals surface area contributed by atoms with E-state index in [4.69, 9.17) is 9.84 Å². The van der Waals surface area contributed by atoms with E-state index in [2.05, 4.69) is 5.32 Å². The number of aliphatic carboxylic acids is 1. The van der Waals surface area contributed by atoms with Crippen LogP contribution < -0.4 is 10.1 Å². The topological polar surface area (TPSA) is 78.8 Å². The number of hydrogen-bond acceptors (Lipinski definition) is 4. The second kappa shape index (κ2) is 4.63. The number of phenols is 1. The van der Waals surface area contributed by atoms with Crippen molar-refractivity contribution in [3.8, 4) is 11.5 Å². The zero-order chi connectivity index (χ0) is 12.4. The zero-order valence-corrected chi connectivity index (χ0v) is 9.51. The van der Waals surface area contributed by atoms with E-state index in [0.717, 1.165) is 12.8 Å². The summed E-state index contributed by atoms with van der Waals surface area (Å²) in [5, 5.41) is 21.8. The summed E-state index contributed by atoms with van der Waals surface area (Å²) in [4.78, 5) is 11.2. The van der Waals surface area contributed by atoms with Crippen LogP contribution in [0.1, 0.15) is 24.4 Å². The fraction of sp³-hybridized carbons (Fsp3) is 0.417. The van der Waals surface area contributed by atoms with E-state index >= 15 is 0 Å². The summed E-state index contributed by atoms with van der Waals surface area (Å²) < 4.78 is 4.92. The van der Waals surface area contributed by atoms with Gasteiger partial charge in [-0.1, -0.05) is 6.07 Å². The van der Waals surface area contributed by atoms with E-state index in [1.807, 2.05) is 0 Å². The maximum absolute atomic E-state index is 11.2. The number of aromatic hydroxyl groups is 1. The lowest BCUT2D eigenvalue weighted by molar-refractivity contribution is -0.139. The second-order valence-corrected chi connectivity index (χ2v) is 4.14. The molecule has 5 heteroatoms. The first-order valence-corrected chi connectivity index (χ1v) is 5.47. The van der Waals surface area contributed by atoms with Crippen molar-refractivity contribution in [2.45, 2.75) is 24.9 Å². The van der Waals surface area contributed by atoms with Gasteiger partial charge in [-0.05, 0) is 30.5 Å². The number of ether oxygens (including phenoxy) is 1. The Morgan fingerprint density at radius 3 is 2.71 bits per heavy atom. The number of nitrogens with one attached hydrogen (secondary N) is 1. The molecule has 1 aliphatic carbocycles. The van der Waals surface area contributed by atoms with Crippen molar-refractivity contribution in [3.05, 3.63) is 23.8 Å². The lowest BCUT2D eigenvalue weighted by atomic mass is 10.1. The van der Waals surface area contributed by atoms with Crippen molar-refractivity contribution in [1.29, 1.82) is 0 Å². The van der Waals surface area contributed by atoms with E-state index < -0.39 is 12.0 Å². The Hall–Kier alpha value is -1.75. The van der Waals surface area contributed by atoms with Crippen LogP contribution in [0.15, 0.2) is 18.2 Å². The minimum absolute atomic E-state index is 0.0474. The molecule has 17 heavy (non-hydrogen) atoms. The first kappa shape index (κ1) is 11.7. The summed E-state index contributed by atoms with van der Waals surface area (Å²) in [5.74, 6) is -0.653. The van der Waals surface area contributed by atoms with Gasteiger partial charge in [0.2, 0.25) is 0 Å². The highest BCUT2D eigenvalue weighted by Crippen LogP contribution is 2.30. The zero-order valence-electron chi connectivity index (χ0n) is 9.51. The molecule has 0 spiro atoms. The van der Waals surface area contributed by atoms with Crippen molar-refractivity contribution >= 4 is 5.97 Å². The molecule has 1 fully saturated rings. The summed E-state index contributed by atoms with van der Waals surface area (Å²) in [5.41, 5.74) is 0.530. The smallest absolute Gasteiger partial charge is 0.325 e. The number of carboxylic acid groups (broad SMARTS) is 1. The van der Waals surface area contributed by atoms with Gasteiger partial charge in [-0.25, -0.2) is 0 Å². The molecule has 2 rings (SSSR count). The molecule has 0 aromatic heterocycles. The fourth-order valence-electron chi connectivity index (χ4n) is 1.68. The molecule has 1 saturated carbocycles. The van der Waals surface area contributed by atoms with E-state index in [1.54, 1.807) is 12.1 Å². The fourth-order valence-corrected chi connectivity index (χ4v) is 1.68. The summed E-state index contributed by atoms with van der Waals surface area (Å²) in [7, 11) is 1.45. The molecule has 5 nitrogen and oxygen atoms in total. The molecule has 0 bridgehead atoms. The molecular formula is C12H15NO4. The number of phenolic OH excluding ortho intramolecular Hbond substituents is 1. The molecule has 0 heterocycles. The largest absolute Gasteiger partial charge is 0.504 e. The summed E-state index contributed by atoms with van der Waals surface area (Å²) >= 11 is 0. The standard InChI is InChI=1S/C12H15NO4/c1-17-10-5-2-7(6-9(10)14)11(12(15)16)13-8-3-4-8/h2,5-6,8,11,13-14H,3-4H2,1H3,(H,15,16). The van der Waals surface area contributed by atoms with Gasteiger partial charge >= 0.3 is 5.97 Å². The summed E-state index contributed by atoms with van der Waals surface area (Å²) in [6.45, 7) is 0. The first-order valence-electron chi connectivity index (χ1n) is 5.47. The Morgan fingerprint density at radius 1 is 1.53 bits per heavy atom. The first-order chi connectivity index (χ1) is 8.11. The number of hydrogen-bond donors (Lipinski definition) is 3. The SMILES string of the molecule is COc1ccc(C(NC2CC2)C(=O)O)cc1O. The molecule has 92 valence electrons. The Bertz CT molecular complexity index is 429. The maximum atomic E-state index is 11.2. The third-order valence-corrected chi connectivity index (χ3v) is 2.76. The van der Waals surface area contributed by atoms with Crippen LogP contribution in [0.3, 0.4) is 0 Å². The van der Waals surface area contributed by atoms with Crippen LogP contribution in [0.2, 0.25) is 0 Å². The van der Waals surface area contributed by atoms with Crippen LogP contribution in [0.25, 0.3) is 0 Å². The van der Waals surface area contributed by atoms with Crippen molar-refractivity contribution in [2.75, 3.05) is 7.11 Å². The molecule has 0 aliphatic heterocycles. The van der Waals surface area contributed by atoms with Crippen molar-refractivity contribution in [1.82, 2.24) is 5.32 Å². The van der Waals surface area contributed by atoms with Gasteiger partial charge in [0.05, 0.1) is 7.11 Å². The van der Waals surface area contributed by atoms with Crippen molar-refractivity contribution in [2.24, 2.45) is 0 Å². The van der Waals surface area contributed by atoms with Gasteiger partial charge in [0.1, 0.15) is 6.04 Å². The molecule has 3 N–H and O–H groups in total. The Labute approximate surface area is 99.0 Å². The van der Waals surface area contributed by atoms with Crippen molar-refractivity contribution in [3.63, 3.8) is 0 Å². The quantitative estimate of drug-likeness (QED) is 0.719. The molecule has 1 unspecified atom stereocenters. The van der Waals surface area contributed by atoms with Crippen LogP contribution in [0.5, 0.6) is 11.5 Å². The minimum atomic E-state index is -0.943. The molecule has 0 saturated heterocycles.